The third kappa shape index (κ3) is 4.35. The number of fused-ring (bicyclic) bond motifs is 2. The molecule has 0 aliphatic carbocycles. The van der Waals surface area contributed by atoms with E-state index in [0.29, 0.717) is 12.4 Å². The van der Waals surface area contributed by atoms with E-state index in [-0.39, 0.29) is 47.0 Å². The Kier molecular flexibility index (Phi) is 6.18. The number of epoxide rings is 1. The number of amides is 2. The first-order chi connectivity index (χ1) is 16.3. The summed E-state index contributed by atoms with van der Waals surface area (Å²) in [5.41, 5.74) is 0.965. The smallest absolute Gasteiger partial charge is 0.258 e. The Hall–Kier alpha value is -2.40. The summed E-state index contributed by atoms with van der Waals surface area (Å²) in [7, 11) is 0. The van der Waals surface area contributed by atoms with Gasteiger partial charge in [0.2, 0.25) is 5.91 Å². The molecule has 4 heterocycles. The molecular weight excluding hydrogens is 474 g/mol. The maximum atomic E-state index is 13.0. The minimum atomic E-state index is -0.560. The first-order valence-electron chi connectivity index (χ1n) is 11.1. The second-order valence-electron chi connectivity index (χ2n) is 9.00. The lowest BCUT2D eigenvalue weighted by Crippen LogP contribution is -2.70. The highest BCUT2D eigenvalue weighted by Gasteiger charge is 2.68. The van der Waals surface area contributed by atoms with Gasteiger partial charge >= 0.3 is 0 Å². The van der Waals surface area contributed by atoms with Crippen LogP contribution in [0.3, 0.4) is 0 Å². The summed E-state index contributed by atoms with van der Waals surface area (Å²) >= 11 is 3.29. The van der Waals surface area contributed by atoms with Gasteiger partial charge in [-0.2, -0.15) is 0 Å². The first-order valence-corrected chi connectivity index (χ1v) is 12.8. The minimum Gasteiger partial charge on any atom is -0.488 e. The van der Waals surface area contributed by atoms with Crippen LogP contribution in [0.15, 0.2) is 48.8 Å². The molecule has 34 heavy (non-hydrogen) atoms. The van der Waals surface area contributed by atoms with E-state index >= 15 is 0 Å². The van der Waals surface area contributed by atoms with Gasteiger partial charge in [-0.3, -0.25) is 9.59 Å². The molecule has 2 aromatic rings. The number of ether oxygens (including phenoxy) is 3. The zero-order valence-electron chi connectivity index (χ0n) is 19.2. The van der Waals surface area contributed by atoms with Gasteiger partial charge in [-0.1, -0.05) is 24.8 Å². The van der Waals surface area contributed by atoms with Crippen LogP contribution in [0.2, 0.25) is 0 Å². The molecule has 0 radical (unpaired) electrons. The number of β-lactam (4-membered cyclic amide) rings is 1. The maximum Gasteiger partial charge on any atom is 0.258 e. The number of thiazole rings is 1. The Morgan fingerprint density at radius 3 is 2.94 bits per heavy atom. The molecule has 1 N–H and O–H groups in total. The van der Waals surface area contributed by atoms with Gasteiger partial charge in [-0.15, -0.1) is 23.1 Å². The molecule has 2 amide bonds. The molecule has 5 unspecified atom stereocenters. The average molecular weight is 502 g/mol. The number of thioether (sulfide) groups is 1. The topological polar surface area (TPSA) is 93.3 Å². The lowest BCUT2D eigenvalue weighted by molar-refractivity contribution is -0.152. The van der Waals surface area contributed by atoms with Crippen molar-refractivity contribution in [2.24, 2.45) is 0 Å². The van der Waals surface area contributed by atoms with Crippen LogP contribution in [0.1, 0.15) is 25.8 Å². The summed E-state index contributed by atoms with van der Waals surface area (Å²) < 4.78 is 18.1. The third-order valence-corrected chi connectivity index (χ3v) is 8.72. The largest absolute Gasteiger partial charge is 0.488 e. The first kappa shape index (κ1) is 23.3. The standard InChI is InChI=1S/C24H27N3O5S2/c1-5-8-13(2)30-11-16(28)26-18-21(29)27-20(24(3,4)34-22(18)27)19-23(32-19)31-12-17-25-14-9-6-7-10-15(14)33-17/h5-10,18-20,22-23H,1,11-12H2,2-4H3,(H,26,28). The van der Waals surface area contributed by atoms with E-state index in [1.54, 1.807) is 42.2 Å². The zero-order valence-corrected chi connectivity index (χ0v) is 20.9. The number of para-hydroxylation sites is 1. The van der Waals surface area contributed by atoms with Crippen molar-refractivity contribution in [3.8, 4) is 0 Å². The molecular formula is C24H27N3O5S2. The van der Waals surface area contributed by atoms with Crippen LogP contribution in [-0.4, -0.2) is 62.9 Å². The van der Waals surface area contributed by atoms with E-state index in [2.05, 4.69) is 30.7 Å². The van der Waals surface area contributed by atoms with E-state index in [1.807, 2.05) is 29.2 Å². The number of hydrogen-bond donors (Lipinski definition) is 1. The van der Waals surface area contributed by atoms with E-state index < -0.39 is 6.04 Å². The Morgan fingerprint density at radius 1 is 1.38 bits per heavy atom. The van der Waals surface area contributed by atoms with Crippen LogP contribution in [-0.2, 0) is 30.4 Å². The Morgan fingerprint density at radius 2 is 2.18 bits per heavy atom. The zero-order chi connectivity index (χ0) is 24.0. The van der Waals surface area contributed by atoms with Crippen LogP contribution >= 0.6 is 23.1 Å². The van der Waals surface area contributed by atoms with Crippen LogP contribution in [0.5, 0.6) is 0 Å². The normalized spacial score (nSPS) is 29.5. The number of allylic oxidation sites excluding steroid dienone is 3. The van der Waals surface area contributed by atoms with Crippen molar-refractivity contribution in [2.75, 3.05) is 6.61 Å². The second-order valence-corrected chi connectivity index (χ2v) is 11.9. The molecule has 0 spiro atoms. The maximum absolute atomic E-state index is 13.0. The fourth-order valence-electron chi connectivity index (χ4n) is 4.52. The van der Waals surface area contributed by atoms with E-state index in [0.717, 1.165) is 15.2 Å². The molecule has 3 aliphatic rings. The van der Waals surface area contributed by atoms with Crippen LogP contribution in [0.4, 0.5) is 0 Å². The quantitative estimate of drug-likeness (QED) is 0.244. The van der Waals surface area contributed by atoms with Gasteiger partial charge in [0.1, 0.15) is 29.1 Å². The summed E-state index contributed by atoms with van der Waals surface area (Å²) in [6, 6.07) is 7.31. The number of aromatic nitrogens is 1. The summed E-state index contributed by atoms with van der Waals surface area (Å²) in [5, 5.41) is 3.59. The molecule has 5 atom stereocenters. The average Bonchev–Trinajstić information content (AvgIpc) is 3.35. The third-order valence-electron chi connectivity index (χ3n) is 6.12. The monoisotopic (exact) mass is 501 g/mol. The molecule has 5 rings (SSSR count). The number of rotatable bonds is 9. The molecule has 8 nitrogen and oxygen atoms in total. The van der Waals surface area contributed by atoms with Crippen molar-refractivity contribution in [3.63, 3.8) is 0 Å². The number of carbonyl (C=O) groups is 2. The Bertz CT molecular complexity index is 1130. The van der Waals surface area contributed by atoms with Crippen LogP contribution in [0, 0.1) is 0 Å². The van der Waals surface area contributed by atoms with Gasteiger partial charge in [0, 0.05) is 4.75 Å². The van der Waals surface area contributed by atoms with Gasteiger partial charge in [0.25, 0.3) is 5.91 Å². The fraction of sp³-hybridized carbons (Fsp3) is 0.458. The predicted molar refractivity (Wildman–Crippen MR) is 131 cm³/mol. The SMILES string of the molecule is C=CC=C(C)OCC(=O)NC1C(=O)N2C1SC(C)(C)C2C1OC1OCc1nc2ccccc2s1. The van der Waals surface area contributed by atoms with Crippen molar-refractivity contribution in [3.05, 3.63) is 53.8 Å². The van der Waals surface area contributed by atoms with Crippen LogP contribution in [0.25, 0.3) is 10.2 Å². The van der Waals surface area contributed by atoms with E-state index in [1.165, 1.54) is 0 Å². The summed E-state index contributed by atoms with van der Waals surface area (Å²) in [6.45, 7) is 9.78. The van der Waals surface area contributed by atoms with Gasteiger partial charge in [0.15, 0.2) is 12.9 Å². The van der Waals surface area contributed by atoms with Crippen molar-refractivity contribution in [2.45, 2.75) is 62.0 Å². The highest BCUT2D eigenvalue weighted by molar-refractivity contribution is 8.01. The van der Waals surface area contributed by atoms with E-state index in [4.69, 9.17) is 14.2 Å². The summed E-state index contributed by atoms with van der Waals surface area (Å²) in [6.07, 6.45) is 2.70. The Balaban J connectivity index is 1.16. The highest BCUT2D eigenvalue weighted by atomic mass is 32.2. The van der Waals surface area contributed by atoms with Crippen molar-refractivity contribution in [1.29, 1.82) is 0 Å². The van der Waals surface area contributed by atoms with Gasteiger partial charge in [-0.25, -0.2) is 4.98 Å². The molecule has 10 heteroatoms. The molecule has 3 fully saturated rings. The van der Waals surface area contributed by atoms with Crippen LogP contribution < -0.4 is 5.32 Å². The molecule has 3 saturated heterocycles. The lowest BCUT2D eigenvalue weighted by Gasteiger charge is -2.44. The molecule has 1 aromatic heterocycles. The second kappa shape index (κ2) is 8.99. The molecule has 0 saturated carbocycles. The molecule has 180 valence electrons. The number of carbonyl (C=O) groups excluding carboxylic acids is 2. The molecule has 0 bridgehead atoms. The van der Waals surface area contributed by atoms with Gasteiger partial charge in [0.05, 0.1) is 22.0 Å². The van der Waals surface area contributed by atoms with Crippen molar-refractivity contribution < 1.29 is 23.8 Å². The van der Waals surface area contributed by atoms with Gasteiger partial charge < -0.3 is 24.4 Å². The summed E-state index contributed by atoms with van der Waals surface area (Å²) in [4.78, 5) is 31.7. The molecule has 1 aromatic carbocycles. The molecule has 3 aliphatic heterocycles. The number of nitrogens with zero attached hydrogens (tertiary/aromatic N) is 2. The number of benzene rings is 1. The summed E-state index contributed by atoms with van der Waals surface area (Å²) in [5.74, 6) is 0.169. The van der Waals surface area contributed by atoms with Crippen molar-refractivity contribution >= 4 is 45.1 Å². The van der Waals surface area contributed by atoms with Crippen molar-refractivity contribution in [1.82, 2.24) is 15.2 Å². The van der Waals surface area contributed by atoms with E-state index in [9.17, 15) is 9.59 Å². The minimum absolute atomic E-state index is 0.0970. The van der Waals surface area contributed by atoms with Gasteiger partial charge in [-0.05, 0) is 39.0 Å². The fourth-order valence-corrected chi connectivity index (χ4v) is 7.09. The lowest BCUT2D eigenvalue weighted by atomic mass is 9.93. The predicted octanol–water partition coefficient (Wildman–Crippen LogP) is 3.19. The number of hydrogen-bond acceptors (Lipinski definition) is 8. The Labute approximate surface area is 206 Å². The number of nitrogens with one attached hydrogen (secondary N) is 1. The highest BCUT2D eigenvalue weighted by Crippen LogP contribution is 2.55.